The van der Waals surface area contributed by atoms with Crippen LogP contribution in [0, 0.1) is 0 Å². The van der Waals surface area contributed by atoms with Crippen molar-refractivity contribution < 1.29 is 14.6 Å². The molecular formula is C7H13NO3. The molecule has 11 heavy (non-hydrogen) atoms. The Kier molecular flexibility index (Phi) is 3.32. The van der Waals surface area contributed by atoms with Gasteiger partial charge in [-0.25, -0.2) is 0 Å². The number of carboxylic acid groups (broad SMARTS) is 1. The molecule has 0 amide bonds. The SMILES string of the molecule is O=C(O)CNC1CCCOC1. The summed E-state index contributed by atoms with van der Waals surface area (Å²) in [6.07, 6.45) is 2.05. The minimum atomic E-state index is -0.810. The Morgan fingerprint density at radius 3 is 3.09 bits per heavy atom. The van der Waals surface area contributed by atoms with Crippen LogP contribution in [0.15, 0.2) is 0 Å². The van der Waals surface area contributed by atoms with Crippen LogP contribution in [0.1, 0.15) is 12.8 Å². The van der Waals surface area contributed by atoms with Gasteiger partial charge in [0.05, 0.1) is 13.2 Å². The van der Waals surface area contributed by atoms with Gasteiger partial charge >= 0.3 is 5.97 Å². The summed E-state index contributed by atoms with van der Waals surface area (Å²) < 4.78 is 5.16. The quantitative estimate of drug-likeness (QED) is 0.600. The first-order chi connectivity index (χ1) is 5.29. The highest BCUT2D eigenvalue weighted by atomic mass is 16.5. The normalized spacial score (nSPS) is 24.9. The number of hydrogen-bond donors (Lipinski definition) is 2. The van der Waals surface area contributed by atoms with Gasteiger partial charge in [0.25, 0.3) is 0 Å². The van der Waals surface area contributed by atoms with Gasteiger partial charge in [-0.2, -0.15) is 0 Å². The first-order valence-electron chi connectivity index (χ1n) is 3.82. The largest absolute Gasteiger partial charge is 0.480 e. The maximum Gasteiger partial charge on any atom is 0.317 e. The molecule has 64 valence electrons. The Balaban J connectivity index is 2.09. The fourth-order valence-electron chi connectivity index (χ4n) is 1.13. The highest BCUT2D eigenvalue weighted by molar-refractivity contribution is 5.69. The lowest BCUT2D eigenvalue weighted by Crippen LogP contribution is -2.39. The van der Waals surface area contributed by atoms with Crippen LogP contribution in [0.2, 0.25) is 0 Å². The molecule has 0 saturated carbocycles. The van der Waals surface area contributed by atoms with Crippen molar-refractivity contribution in [2.45, 2.75) is 18.9 Å². The third-order valence-electron chi connectivity index (χ3n) is 1.70. The molecule has 1 rings (SSSR count). The molecule has 1 saturated heterocycles. The van der Waals surface area contributed by atoms with Crippen LogP contribution in [-0.2, 0) is 9.53 Å². The van der Waals surface area contributed by atoms with E-state index in [2.05, 4.69) is 5.32 Å². The zero-order chi connectivity index (χ0) is 8.10. The predicted molar refractivity (Wildman–Crippen MR) is 39.5 cm³/mol. The zero-order valence-electron chi connectivity index (χ0n) is 6.38. The van der Waals surface area contributed by atoms with E-state index in [0.29, 0.717) is 6.61 Å². The first kappa shape index (κ1) is 8.49. The van der Waals surface area contributed by atoms with E-state index in [4.69, 9.17) is 9.84 Å². The molecule has 0 bridgehead atoms. The van der Waals surface area contributed by atoms with Crippen molar-refractivity contribution in [1.82, 2.24) is 5.32 Å². The lowest BCUT2D eigenvalue weighted by molar-refractivity contribution is -0.136. The monoisotopic (exact) mass is 159 g/mol. The zero-order valence-corrected chi connectivity index (χ0v) is 6.38. The second-order valence-corrected chi connectivity index (χ2v) is 2.69. The number of carbonyl (C=O) groups is 1. The smallest absolute Gasteiger partial charge is 0.317 e. The van der Waals surface area contributed by atoms with Crippen molar-refractivity contribution in [2.75, 3.05) is 19.8 Å². The van der Waals surface area contributed by atoms with E-state index in [0.717, 1.165) is 19.4 Å². The van der Waals surface area contributed by atoms with Crippen molar-refractivity contribution in [1.29, 1.82) is 0 Å². The van der Waals surface area contributed by atoms with Gasteiger partial charge < -0.3 is 15.2 Å². The highest BCUT2D eigenvalue weighted by Crippen LogP contribution is 2.04. The molecule has 1 aliphatic heterocycles. The second-order valence-electron chi connectivity index (χ2n) is 2.69. The van der Waals surface area contributed by atoms with E-state index in [1.54, 1.807) is 0 Å². The summed E-state index contributed by atoms with van der Waals surface area (Å²) in [5.41, 5.74) is 0. The van der Waals surface area contributed by atoms with Crippen molar-refractivity contribution in [3.05, 3.63) is 0 Å². The summed E-state index contributed by atoms with van der Waals surface area (Å²) in [6.45, 7) is 1.49. The molecule has 0 radical (unpaired) electrons. The second kappa shape index (κ2) is 4.31. The van der Waals surface area contributed by atoms with Gasteiger partial charge in [0, 0.05) is 12.6 Å². The van der Waals surface area contributed by atoms with E-state index in [1.165, 1.54) is 0 Å². The van der Waals surface area contributed by atoms with E-state index in [9.17, 15) is 4.79 Å². The summed E-state index contributed by atoms with van der Waals surface area (Å²) >= 11 is 0. The predicted octanol–water partition coefficient (Wildman–Crippen LogP) is -0.160. The average molecular weight is 159 g/mol. The Labute approximate surface area is 65.5 Å². The van der Waals surface area contributed by atoms with E-state index in [1.807, 2.05) is 0 Å². The van der Waals surface area contributed by atoms with Gasteiger partial charge in [-0.3, -0.25) is 4.79 Å². The molecule has 4 heteroatoms. The highest BCUT2D eigenvalue weighted by Gasteiger charge is 2.13. The summed E-state index contributed by atoms with van der Waals surface area (Å²) in [6, 6.07) is 0.236. The van der Waals surface area contributed by atoms with Gasteiger partial charge in [-0.15, -0.1) is 0 Å². The molecule has 0 spiro atoms. The van der Waals surface area contributed by atoms with Crippen LogP contribution >= 0.6 is 0 Å². The van der Waals surface area contributed by atoms with Crippen molar-refractivity contribution in [3.8, 4) is 0 Å². The average Bonchev–Trinajstić information content (AvgIpc) is 2.03. The first-order valence-corrected chi connectivity index (χ1v) is 3.82. The molecule has 0 aromatic heterocycles. The Morgan fingerprint density at radius 2 is 2.55 bits per heavy atom. The van der Waals surface area contributed by atoms with Crippen LogP contribution in [0.5, 0.6) is 0 Å². The standard InChI is InChI=1S/C7H13NO3/c9-7(10)4-8-6-2-1-3-11-5-6/h6,8H,1-5H2,(H,9,10). The Morgan fingerprint density at radius 1 is 1.73 bits per heavy atom. The number of nitrogens with one attached hydrogen (secondary N) is 1. The minimum absolute atomic E-state index is 0.0357. The van der Waals surface area contributed by atoms with Crippen molar-refractivity contribution in [3.63, 3.8) is 0 Å². The summed E-state index contributed by atoms with van der Waals surface area (Å²) in [7, 11) is 0. The topological polar surface area (TPSA) is 58.6 Å². The van der Waals surface area contributed by atoms with Gasteiger partial charge in [-0.1, -0.05) is 0 Å². The van der Waals surface area contributed by atoms with Gasteiger partial charge in [-0.05, 0) is 12.8 Å². The summed E-state index contributed by atoms with van der Waals surface area (Å²) in [5.74, 6) is -0.810. The molecule has 2 N–H and O–H groups in total. The molecular weight excluding hydrogens is 146 g/mol. The van der Waals surface area contributed by atoms with Crippen LogP contribution in [0.25, 0.3) is 0 Å². The van der Waals surface area contributed by atoms with Crippen LogP contribution < -0.4 is 5.32 Å². The molecule has 1 aliphatic rings. The molecule has 1 heterocycles. The molecule has 0 aromatic rings. The maximum atomic E-state index is 10.1. The lowest BCUT2D eigenvalue weighted by atomic mass is 10.1. The van der Waals surface area contributed by atoms with Crippen LogP contribution in [-0.4, -0.2) is 36.9 Å². The molecule has 0 aliphatic carbocycles. The summed E-state index contributed by atoms with van der Waals surface area (Å²) in [5, 5.41) is 11.2. The molecule has 0 aromatic carbocycles. The third kappa shape index (κ3) is 3.34. The van der Waals surface area contributed by atoms with Crippen molar-refractivity contribution in [2.24, 2.45) is 0 Å². The molecule has 4 nitrogen and oxygen atoms in total. The number of rotatable bonds is 3. The fourth-order valence-corrected chi connectivity index (χ4v) is 1.13. The Bertz CT molecular complexity index is 132. The van der Waals surface area contributed by atoms with E-state index < -0.39 is 5.97 Å². The fraction of sp³-hybridized carbons (Fsp3) is 0.857. The van der Waals surface area contributed by atoms with Gasteiger partial charge in [0.1, 0.15) is 0 Å². The molecule has 1 unspecified atom stereocenters. The lowest BCUT2D eigenvalue weighted by Gasteiger charge is -2.22. The molecule has 1 atom stereocenters. The van der Waals surface area contributed by atoms with Crippen LogP contribution in [0.3, 0.4) is 0 Å². The van der Waals surface area contributed by atoms with Gasteiger partial charge in [0.15, 0.2) is 0 Å². The van der Waals surface area contributed by atoms with Crippen LogP contribution in [0.4, 0.5) is 0 Å². The third-order valence-corrected chi connectivity index (χ3v) is 1.70. The number of hydrogen-bond acceptors (Lipinski definition) is 3. The minimum Gasteiger partial charge on any atom is -0.480 e. The Hall–Kier alpha value is -0.610. The van der Waals surface area contributed by atoms with E-state index >= 15 is 0 Å². The number of carboxylic acids is 1. The maximum absolute atomic E-state index is 10.1. The number of ether oxygens (including phenoxy) is 1. The summed E-state index contributed by atoms with van der Waals surface area (Å²) in [4.78, 5) is 10.1. The number of aliphatic carboxylic acids is 1. The molecule has 1 fully saturated rings. The van der Waals surface area contributed by atoms with Crippen molar-refractivity contribution >= 4 is 5.97 Å². The van der Waals surface area contributed by atoms with Gasteiger partial charge in [0.2, 0.25) is 0 Å². The van der Waals surface area contributed by atoms with E-state index in [-0.39, 0.29) is 12.6 Å².